The van der Waals surface area contributed by atoms with E-state index < -0.39 is 0 Å². The van der Waals surface area contributed by atoms with E-state index in [-0.39, 0.29) is 0 Å². The summed E-state index contributed by atoms with van der Waals surface area (Å²) in [6.45, 7) is 0.996. The first-order valence-electron chi connectivity index (χ1n) is 10.1. The predicted octanol–water partition coefficient (Wildman–Crippen LogP) is 7.02. The molecule has 0 N–H and O–H groups in total. The molecule has 0 aliphatic rings. The highest BCUT2D eigenvalue weighted by Crippen LogP contribution is 2.31. The lowest BCUT2D eigenvalue weighted by atomic mass is 10.1. The summed E-state index contributed by atoms with van der Waals surface area (Å²) in [5.41, 5.74) is 4.47. The molecule has 30 heavy (non-hydrogen) atoms. The van der Waals surface area contributed by atoms with Crippen LogP contribution in [0.25, 0.3) is 12.2 Å². The summed E-state index contributed by atoms with van der Waals surface area (Å²) >= 11 is 0. The number of hydrogen-bond acceptors (Lipinski definition) is 2. The first-order chi connectivity index (χ1) is 14.9. The molecule has 0 saturated heterocycles. The van der Waals surface area contributed by atoms with Crippen molar-refractivity contribution in [2.45, 2.75) is 13.2 Å². The topological polar surface area (TPSA) is 18.5 Å². The Morgan fingerprint density at radius 2 is 0.967 bits per heavy atom. The Kier molecular flexibility index (Phi) is 6.59. The van der Waals surface area contributed by atoms with Crippen molar-refractivity contribution < 1.29 is 9.47 Å². The van der Waals surface area contributed by atoms with Crippen LogP contribution in [0.3, 0.4) is 0 Å². The Bertz CT molecular complexity index is 1070. The van der Waals surface area contributed by atoms with Gasteiger partial charge < -0.3 is 9.47 Å². The van der Waals surface area contributed by atoms with E-state index in [1.165, 1.54) is 0 Å². The van der Waals surface area contributed by atoms with Gasteiger partial charge in [-0.25, -0.2) is 0 Å². The van der Waals surface area contributed by atoms with Crippen molar-refractivity contribution in [1.29, 1.82) is 0 Å². The standard InChI is InChI=1S/C28H24O2/c1-4-10-23(11-5-1)16-17-24-18-19-27(29-21-25-12-6-2-7-13-25)28(20-24)30-22-26-14-8-3-9-15-26/h1-20H,21-22H2/b17-16+. The van der Waals surface area contributed by atoms with Crippen LogP contribution in [0.4, 0.5) is 0 Å². The molecule has 0 saturated carbocycles. The van der Waals surface area contributed by atoms with Gasteiger partial charge in [0, 0.05) is 0 Å². The summed E-state index contributed by atoms with van der Waals surface area (Å²) in [6.07, 6.45) is 4.19. The lowest BCUT2D eigenvalue weighted by Gasteiger charge is -2.14. The van der Waals surface area contributed by atoms with Crippen molar-refractivity contribution in [3.8, 4) is 11.5 Å². The second-order valence-corrected chi connectivity index (χ2v) is 7.00. The number of hydrogen-bond donors (Lipinski definition) is 0. The van der Waals surface area contributed by atoms with Gasteiger partial charge in [0.2, 0.25) is 0 Å². The molecule has 148 valence electrons. The maximum atomic E-state index is 6.15. The summed E-state index contributed by atoms with van der Waals surface area (Å²) in [5.74, 6) is 1.48. The average Bonchev–Trinajstić information content (AvgIpc) is 2.82. The van der Waals surface area contributed by atoms with Crippen LogP contribution in [0, 0.1) is 0 Å². The Morgan fingerprint density at radius 1 is 0.467 bits per heavy atom. The van der Waals surface area contributed by atoms with E-state index in [0.717, 1.165) is 33.8 Å². The van der Waals surface area contributed by atoms with Crippen LogP contribution in [0.2, 0.25) is 0 Å². The van der Waals surface area contributed by atoms with Gasteiger partial charge in [0.25, 0.3) is 0 Å². The van der Waals surface area contributed by atoms with Crippen LogP contribution in [0.15, 0.2) is 109 Å². The minimum atomic E-state index is 0.494. The number of ether oxygens (including phenoxy) is 2. The lowest BCUT2D eigenvalue weighted by molar-refractivity contribution is 0.256. The molecule has 2 nitrogen and oxygen atoms in total. The van der Waals surface area contributed by atoms with Crippen molar-refractivity contribution in [3.05, 3.63) is 131 Å². The van der Waals surface area contributed by atoms with E-state index in [1.807, 2.05) is 66.7 Å². The highest BCUT2D eigenvalue weighted by Gasteiger charge is 2.07. The molecule has 0 aliphatic heterocycles. The van der Waals surface area contributed by atoms with Gasteiger partial charge in [-0.05, 0) is 34.4 Å². The third-order valence-electron chi connectivity index (χ3n) is 4.71. The molecule has 0 spiro atoms. The van der Waals surface area contributed by atoms with E-state index in [2.05, 4.69) is 54.6 Å². The molecule has 4 aromatic carbocycles. The van der Waals surface area contributed by atoms with Crippen LogP contribution >= 0.6 is 0 Å². The molecule has 0 fully saturated rings. The predicted molar refractivity (Wildman–Crippen MR) is 123 cm³/mol. The van der Waals surface area contributed by atoms with Crippen molar-refractivity contribution in [2.75, 3.05) is 0 Å². The summed E-state index contributed by atoms with van der Waals surface area (Å²) in [4.78, 5) is 0. The highest BCUT2D eigenvalue weighted by atomic mass is 16.5. The van der Waals surface area contributed by atoms with Gasteiger partial charge in [-0.3, -0.25) is 0 Å². The van der Waals surface area contributed by atoms with Crippen molar-refractivity contribution in [2.24, 2.45) is 0 Å². The fraction of sp³-hybridized carbons (Fsp3) is 0.0714. The maximum absolute atomic E-state index is 6.15. The SMILES string of the molecule is C(=C\c1ccc(OCc2ccccc2)c(OCc2ccccc2)c1)/c1ccccc1. The second-order valence-electron chi connectivity index (χ2n) is 7.00. The molecule has 2 heteroatoms. The normalized spacial score (nSPS) is 10.8. The molecule has 0 atom stereocenters. The van der Waals surface area contributed by atoms with Gasteiger partial charge in [0.15, 0.2) is 11.5 Å². The minimum absolute atomic E-state index is 0.494. The molecule has 0 radical (unpaired) electrons. The zero-order chi connectivity index (χ0) is 20.4. The molecular weight excluding hydrogens is 368 g/mol. The molecule has 0 unspecified atom stereocenters. The summed E-state index contributed by atoms with van der Waals surface area (Å²) in [5, 5.41) is 0. The fourth-order valence-electron chi connectivity index (χ4n) is 3.09. The zero-order valence-corrected chi connectivity index (χ0v) is 16.8. The second kappa shape index (κ2) is 10.1. The fourth-order valence-corrected chi connectivity index (χ4v) is 3.09. The van der Waals surface area contributed by atoms with Crippen LogP contribution in [-0.2, 0) is 13.2 Å². The molecule has 0 aliphatic carbocycles. The number of benzene rings is 4. The third-order valence-corrected chi connectivity index (χ3v) is 4.71. The zero-order valence-electron chi connectivity index (χ0n) is 16.8. The van der Waals surface area contributed by atoms with Crippen molar-refractivity contribution in [1.82, 2.24) is 0 Å². The molecular formula is C28H24O2. The van der Waals surface area contributed by atoms with Crippen molar-refractivity contribution in [3.63, 3.8) is 0 Å². The van der Waals surface area contributed by atoms with E-state index in [1.54, 1.807) is 0 Å². The largest absolute Gasteiger partial charge is 0.485 e. The maximum Gasteiger partial charge on any atom is 0.162 e. The molecule has 4 rings (SSSR count). The summed E-state index contributed by atoms with van der Waals surface area (Å²) < 4.78 is 12.2. The molecule has 0 heterocycles. The minimum Gasteiger partial charge on any atom is -0.485 e. The molecule has 0 bridgehead atoms. The van der Waals surface area contributed by atoms with E-state index in [0.29, 0.717) is 13.2 Å². The van der Waals surface area contributed by atoms with Gasteiger partial charge in [0.05, 0.1) is 0 Å². The number of rotatable bonds is 8. The Balaban J connectivity index is 1.53. The van der Waals surface area contributed by atoms with Gasteiger partial charge in [-0.1, -0.05) is 109 Å². The molecule has 0 amide bonds. The van der Waals surface area contributed by atoms with Crippen molar-refractivity contribution >= 4 is 12.2 Å². The van der Waals surface area contributed by atoms with E-state index >= 15 is 0 Å². The summed E-state index contributed by atoms with van der Waals surface area (Å²) in [6, 6.07) is 36.6. The van der Waals surface area contributed by atoms with Gasteiger partial charge in [0.1, 0.15) is 13.2 Å². The van der Waals surface area contributed by atoms with E-state index in [4.69, 9.17) is 9.47 Å². The lowest BCUT2D eigenvalue weighted by Crippen LogP contribution is -2.00. The van der Waals surface area contributed by atoms with Crippen LogP contribution < -0.4 is 9.47 Å². The van der Waals surface area contributed by atoms with Crippen LogP contribution in [0.5, 0.6) is 11.5 Å². The third kappa shape index (κ3) is 5.62. The van der Waals surface area contributed by atoms with Gasteiger partial charge in [-0.2, -0.15) is 0 Å². The van der Waals surface area contributed by atoms with Gasteiger partial charge >= 0.3 is 0 Å². The first-order valence-corrected chi connectivity index (χ1v) is 10.1. The summed E-state index contributed by atoms with van der Waals surface area (Å²) in [7, 11) is 0. The molecule has 0 aromatic heterocycles. The molecule has 4 aromatic rings. The average molecular weight is 392 g/mol. The Labute approximate surface area is 178 Å². The smallest absolute Gasteiger partial charge is 0.162 e. The first kappa shape index (κ1) is 19.5. The quantitative estimate of drug-likeness (QED) is 0.300. The van der Waals surface area contributed by atoms with Gasteiger partial charge in [-0.15, -0.1) is 0 Å². The van der Waals surface area contributed by atoms with Crippen LogP contribution in [0.1, 0.15) is 22.3 Å². The Hall–Kier alpha value is -3.78. The highest BCUT2D eigenvalue weighted by molar-refractivity contribution is 5.70. The van der Waals surface area contributed by atoms with E-state index in [9.17, 15) is 0 Å². The Morgan fingerprint density at radius 3 is 1.57 bits per heavy atom. The van der Waals surface area contributed by atoms with Crippen LogP contribution in [-0.4, -0.2) is 0 Å². The monoisotopic (exact) mass is 392 g/mol.